The molecule has 0 atom stereocenters. The van der Waals surface area contributed by atoms with E-state index in [9.17, 15) is 4.79 Å². The second-order valence-corrected chi connectivity index (χ2v) is 8.04. The average Bonchev–Trinajstić information content (AvgIpc) is 2.66. The molecule has 0 aromatic carbocycles. The van der Waals surface area contributed by atoms with E-state index in [2.05, 4.69) is 18.7 Å². The first-order valence-electron chi connectivity index (χ1n) is 10.4. The van der Waals surface area contributed by atoms with Gasteiger partial charge in [-0.1, -0.05) is 13.8 Å². The van der Waals surface area contributed by atoms with E-state index < -0.39 is 0 Å². The van der Waals surface area contributed by atoms with Crippen LogP contribution in [0.2, 0.25) is 0 Å². The summed E-state index contributed by atoms with van der Waals surface area (Å²) in [5.41, 5.74) is 0. The molecule has 0 aromatic heterocycles. The van der Waals surface area contributed by atoms with E-state index >= 15 is 0 Å². The van der Waals surface area contributed by atoms with Gasteiger partial charge in [-0.3, -0.25) is 4.90 Å². The summed E-state index contributed by atoms with van der Waals surface area (Å²) in [6.07, 6.45) is 6.57. The Morgan fingerprint density at radius 1 is 1.15 bits per heavy atom. The van der Waals surface area contributed by atoms with Crippen LogP contribution in [-0.4, -0.2) is 81.1 Å². The molecule has 6 nitrogen and oxygen atoms in total. The molecule has 1 amide bonds. The topological polar surface area (TPSA) is 51.2 Å². The van der Waals surface area contributed by atoms with Gasteiger partial charge in [-0.2, -0.15) is 0 Å². The summed E-state index contributed by atoms with van der Waals surface area (Å²) in [7, 11) is 1.86. The molecular weight excluding hydrogens is 332 g/mol. The molecule has 0 unspecified atom stereocenters. The van der Waals surface area contributed by atoms with Gasteiger partial charge in [-0.25, -0.2) is 4.79 Å². The highest BCUT2D eigenvalue weighted by molar-refractivity contribution is 5.67. The maximum absolute atomic E-state index is 12.1. The fourth-order valence-corrected chi connectivity index (χ4v) is 3.60. The van der Waals surface area contributed by atoms with Crippen molar-refractivity contribution in [3.05, 3.63) is 0 Å². The Bertz CT molecular complexity index is 391. The maximum atomic E-state index is 12.1. The van der Waals surface area contributed by atoms with Crippen molar-refractivity contribution in [3.8, 4) is 0 Å². The minimum Gasteiger partial charge on any atom is -0.449 e. The highest BCUT2D eigenvalue weighted by Gasteiger charge is 2.27. The average molecular weight is 371 g/mol. The Balaban J connectivity index is 1.51. The van der Waals surface area contributed by atoms with Gasteiger partial charge in [0.15, 0.2) is 0 Å². The molecule has 0 radical (unpaired) electrons. The van der Waals surface area contributed by atoms with Crippen LogP contribution >= 0.6 is 0 Å². The van der Waals surface area contributed by atoms with Crippen molar-refractivity contribution in [2.45, 2.75) is 64.5 Å². The van der Waals surface area contributed by atoms with Crippen LogP contribution in [0.1, 0.15) is 52.4 Å². The van der Waals surface area contributed by atoms with Crippen molar-refractivity contribution in [1.82, 2.24) is 9.80 Å². The third kappa shape index (κ3) is 7.80. The zero-order chi connectivity index (χ0) is 18.8. The lowest BCUT2D eigenvalue weighted by atomic mass is 9.92. The first-order chi connectivity index (χ1) is 12.6. The van der Waals surface area contributed by atoms with E-state index in [0.29, 0.717) is 18.6 Å². The number of morpholine rings is 1. The number of unbranched alkanes of at least 4 members (excludes halogenated alkanes) is 1. The largest absolute Gasteiger partial charge is 0.449 e. The Hall–Kier alpha value is -0.850. The molecule has 152 valence electrons. The minimum atomic E-state index is -0.189. The quantitative estimate of drug-likeness (QED) is 0.584. The third-order valence-corrected chi connectivity index (χ3v) is 5.35. The molecule has 6 heteroatoms. The van der Waals surface area contributed by atoms with Gasteiger partial charge >= 0.3 is 6.09 Å². The number of amides is 1. The molecule has 1 aliphatic heterocycles. The standard InChI is InChI=1S/C20H38N2O4/c1-17(2)16-26-20(23)21(3)18-6-8-19(9-7-18)25-13-5-4-10-22-11-14-24-15-12-22/h17-19H,4-16H2,1-3H3/t18-,19-. The van der Waals surface area contributed by atoms with Crippen molar-refractivity contribution in [2.75, 3.05) is 53.1 Å². The summed E-state index contributed by atoms with van der Waals surface area (Å²) in [6, 6.07) is 0.288. The van der Waals surface area contributed by atoms with Gasteiger partial charge in [0.1, 0.15) is 0 Å². The molecule has 0 N–H and O–H groups in total. The number of hydrogen-bond acceptors (Lipinski definition) is 5. The van der Waals surface area contributed by atoms with Crippen LogP contribution in [0.25, 0.3) is 0 Å². The second-order valence-electron chi connectivity index (χ2n) is 8.04. The molecular formula is C20H38N2O4. The molecule has 1 saturated carbocycles. The number of ether oxygens (including phenoxy) is 3. The van der Waals surface area contributed by atoms with Crippen LogP contribution in [0.3, 0.4) is 0 Å². The molecule has 0 aromatic rings. The van der Waals surface area contributed by atoms with E-state index in [1.165, 1.54) is 6.42 Å². The first kappa shape index (κ1) is 21.5. The van der Waals surface area contributed by atoms with Gasteiger partial charge in [0.25, 0.3) is 0 Å². The number of nitrogens with zero attached hydrogens (tertiary/aromatic N) is 2. The Morgan fingerprint density at radius 2 is 1.85 bits per heavy atom. The monoisotopic (exact) mass is 370 g/mol. The van der Waals surface area contributed by atoms with Crippen LogP contribution in [0.4, 0.5) is 4.79 Å². The maximum Gasteiger partial charge on any atom is 0.409 e. The van der Waals surface area contributed by atoms with Gasteiger partial charge in [0, 0.05) is 32.8 Å². The van der Waals surface area contributed by atoms with E-state index in [4.69, 9.17) is 14.2 Å². The Labute approximate surface area is 159 Å². The van der Waals surface area contributed by atoms with Crippen LogP contribution in [-0.2, 0) is 14.2 Å². The minimum absolute atomic E-state index is 0.189. The van der Waals surface area contributed by atoms with Crippen LogP contribution < -0.4 is 0 Å². The number of carbonyl (C=O) groups excluding carboxylic acids is 1. The molecule has 0 bridgehead atoms. The van der Waals surface area contributed by atoms with Crippen molar-refractivity contribution in [2.24, 2.45) is 5.92 Å². The summed E-state index contributed by atoms with van der Waals surface area (Å²) < 4.78 is 16.8. The highest BCUT2D eigenvalue weighted by atomic mass is 16.6. The summed E-state index contributed by atoms with van der Waals surface area (Å²) >= 11 is 0. The Kier molecular flexibility index (Phi) is 9.72. The molecule has 2 fully saturated rings. The van der Waals surface area contributed by atoms with Crippen molar-refractivity contribution < 1.29 is 19.0 Å². The Morgan fingerprint density at radius 3 is 2.50 bits per heavy atom. The highest BCUT2D eigenvalue weighted by Crippen LogP contribution is 2.25. The predicted molar refractivity (Wildman–Crippen MR) is 102 cm³/mol. The van der Waals surface area contributed by atoms with Gasteiger partial charge < -0.3 is 19.1 Å². The predicted octanol–water partition coefficient (Wildman–Crippen LogP) is 3.15. The lowest BCUT2D eigenvalue weighted by Crippen LogP contribution is -2.41. The van der Waals surface area contributed by atoms with Gasteiger partial charge in [-0.05, 0) is 51.0 Å². The molecule has 26 heavy (non-hydrogen) atoms. The van der Waals surface area contributed by atoms with Crippen LogP contribution in [0, 0.1) is 5.92 Å². The van der Waals surface area contributed by atoms with Crippen molar-refractivity contribution in [1.29, 1.82) is 0 Å². The summed E-state index contributed by atoms with van der Waals surface area (Å²) in [5, 5.41) is 0. The molecule has 1 heterocycles. The fraction of sp³-hybridized carbons (Fsp3) is 0.950. The third-order valence-electron chi connectivity index (χ3n) is 5.35. The summed E-state index contributed by atoms with van der Waals surface area (Å²) in [5.74, 6) is 0.375. The fourth-order valence-electron chi connectivity index (χ4n) is 3.60. The lowest BCUT2D eigenvalue weighted by molar-refractivity contribution is 0.00424. The normalized spacial score (nSPS) is 24.6. The van der Waals surface area contributed by atoms with Crippen molar-refractivity contribution in [3.63, 3.8) is 0 Å². The lowest BCUT2D eigenvalue weighted by Gasteiger charge is -2.34. The second kappa shape index (κ2) is 11.8. The van der Waals surface area contributed by atoms with Crippen LogP contribution in [0.5, 0.6) is 0 Å². The van der Waals surface area contributed by atoms with E-state index in [1.807, 2.05) is 7.05 Å². The van der Waals surface area contributed by atoms with Crippen molar-refractivity contribution >= 4 is 6.09 Å². The molecule has 1 saturated heterocycles. The summed E-state index contributed by atoms with van der Waals surface area (Å²) in [4.78, 5) is 16.3. The zero-order valence-corrected chi connectivity index (χ0v) is 17.0. The first-order valence-corrected chi connectivity index (χ1v) is 10.4. The molecule has 2 aliphatic rings. The van der Waals surface area contributed by atoms with E-state index in [0.717, 1.165) is 71.6 Å². The number of carbonyl (C=O) groups is 1. The number of hydrogen-bond donors (Lipinski definition) is 0. The number of rotatable bonds is 9. The van der Waals surface area contributed by atoms with Gasteiger partial charge in [0.2, 0.25) is 0 Å². The van der Waals surface area contributed by atoms with Gasteiger partial charge in [0.05, 0.1) is 25.9 Å². The molecule has 0 spiro atoms. The summed E-state index contributed by atoms with van der Waals surface area (Å²) in [6.45, 7) is 10.5. The van der Waals surface area contributed by atoms with E-state index in [1.54, 1.807) is 4.90 Å². The van der Waals surface area contributed by atoms with E-state index in [-0.39, 0.29) is 12.1 Å². The molecule has 1 aliphatic carbocycles. The zero-order valence-electron chi connectivity index (χ0n) is 17.0. The van der Waals surface area contributed by atoms with Gasteiger partial charge in [-0.15, -0.1) is 0 Å². The van der Waals surface area contributed by atoms with Crippen LogP contribution in [0.15, 0.2) is 0 Å². The SMILES string of the molecule is CC(C)COC(=O)N(C)[C@H]1CC[C@H](OCCCCN2CCOCC2)CC1. The smallest absolute Gasteiger partial charge is 0.409 e. The molecule has 2 rings (SSSR count).